The molecular formula is C28H23ClFN7O3. The van der Waals surface area contributed by atoms with Crippen LogP contribution in [0.25, 0.3) is 33.5 Å². The van der Waals surface area contributed by atoms with Crippen molar-refractivity contribution in [1.29, 1.82) is 0 Å². The Balaban J connectivity index is 1.60. The van der Waals surface area contributed by atoms with Gasteiger partial charge in [0.25, 0.3) is 5.56 Å². The van der Waals surface area contributed by atoms with E-state index in [1.807, 2.05) is 12.1 Å². The molecule has 5 aromatic rings. The molecule has 10 nitrogen and oxygen atoms in total. The molecule has 0 aliphatic rings. The summed E-state index contributed by atoms with van der Waals surface area (Å²) in [6.45, 7) is 3.46. The molecule has 0 aliphatic heterocycles. The molecule has 0 radical (unpaired) electrons. The average molecular weight is 560 g/mol. The Morgan fingerprint density at radius 2 is 1.75 bits per heavy atom. The van der Waals surface area contributed by atoms with Crippen LogP contribution in [-0.4, -0.2) is 35.6 Å². The number of aromatic nitrogens is 5. The largest absolute Gasteiger partial charge is 0.476 e. The molecular weight excluding hydrogens is 537 g/mol. The number of fused-ring (bicyclic) bond motifs is 1. The predicted octanol–water partition coefficient (Wildman–Crippen LogP) is 5.01. The molecule has 0 fully saturated rings. The summed E-state index contributed by atoms with van der Waals surface area (Å²) in [7, 11) is 1.57. The quantitative estimate of drug-likeness (QED) is 0.244. The number of rotatable bonds is 6. The number of aromatic carboxylic acids is 1. The lowest BCUT2D eigenvalue weighted by atomic mass is 10.0. The predicted molar refractivity (Wildman–Crippen MR) is 151 cm³/mol. The smallest absolute Gasteiger partial charge is 0.356 e. The highest BCUT2D eigenvalue weighted by Crippen LogP contribution is 2.30. The number of nitrogen functional groups attached to an aromatic ring is 1. The summed E-state index contributed by atoms with van der Waals surface area (Å²) in [5.74, 6) is -0.637. The van der Waals surface area contributed by atoms with Crippen LogP contribution in [0, 0.1) is 12.7 Å². The molecule has 0 unspecified atom stereocenters. The van der Waals surface area contributed by atoms with Crippen LogP contribution in [0.15, 0.2) is 59.4 Å². The number of pyridine rings is 1. The van der Waals surface area contributed by atoms with E-state index in [4.69, 9.17) is 22.3 Å². The first-order valence-electron chi connectivity index (χ1n) is 12.1. The molecule has 3 aromatic heterocycles. The zero-order valence-electron chi connectivity index (χ0n) is 21.6. The lowest BCUT2D eigenvalue weighted by Crippen LogP contribution is -2.22. The Morgan fingerprint density at radius 3 is 2.42 bits per heavy atom. The molecule has 0 aliphatic carbocycles. The SMILES string of the molecule is Cc1nc(N)cc(-c2ccc(-c3nc4c([C@@H](C)Nc5ccc(Cl)nc5C(=O)O)cc(F)cc4c(=O)n3C)cc2)n1. The lowest BCUT2D eigenvalue weighted by molar-refractivity contribution is 0.0691. The van der Waals surface area contributed by atoms with Crippen LogP contribution < -0.4 is 16.6 Å². The van der Waals surface area contributed by atoms with E-state index in [1.54, 1.807) is 39.1 Å². The summed E-state index contributed by atoms with van der Waals surface area (Å²) in [6, 6.07) is 13.6. The molecule has 2 aromatic carbocycles. The van der Waals surface area contributed by atoms with Crippen LogP contribution in [0.1, 0.15) is 34.8 Å². The Kier molecular flexibility index (Phi) is 6.90. The highest BCUT2D eigenvalue weighted by molar-refractivity contribution is 6.29. The number of carbonyl (C=O) groups is 1. The zero-order valence-corrected chi connectivity index (χ0v) is 22.4. The maximum Gasteiger partial charge on any atom is 0.356 e. The first-order valence-corrected chi connectivity index (χ1v) is 12.5. The number of nitrogens with one attached hydrogen (secondary N) is 1. The van der Waals surface area contributed by atoms with Crippen LogP contribution in [-0.2, 0) is 7.05 Å². The van der Waals surface area contributed by atoms with Crippen molar-refractivity contribution >= 4 is 40.0 Å². The minimum atomic E-state index is -1.28. The molecule has 3 heterocycles. The van der Waals surface area contributed by atoms with Gasteiger partial charge in [-0.25, -0.2) is 29.1 Å². The van der Waals surface area contributed by atoms with Crippen molar-refractivity contribution in [1.82, 2.24) is 24.5 Å². The van der Waals surface area contributed by atoms with Crippen molar-refractivity contribution in [3.63, 3.8) is 0 Å². The molecule has 40 heavy (non-hydrogen) atoms. The molecule has 0 saturated heterocycles. The van der Waals surface area contributed by atoms with E-state index in [9.17, 15) is 19.1 Å². The number of benzene rings is 2. The second-order valence-electron chi connectivity index (χ2n) is 9.19. The lowest BCUT2D eigenvalue weighted by Gasteiger charge is -2.19. The number of nitrogens with zero attached hydrogens (tertiary/aromatic N) is 5. The molecule has 0 bridgehead atoms. The topological polar surface area (TPSA) is 149 Å². The van der Waals surface area contributed by atoms with Gasteiger partial charge in [-0.1, -0.05) is 35.9 Å². The van der Waals surface area contributed by atoms with Crippen LogP contribution in [0.5, 0.6) is 0 Å². The third-order valence-electron chi connectivity index (χ3n) is 6.37. The van der Waals surface area contributed by atoms with E-state index < -0.39 is 23.4 Å². The van der Waals surface area contributed by atoms with Crippen molar-refractivity contribution in [3.8, 4) is 22.6 Å². The van der Waals surface area contributed by atoms with E-state index in [-0.39, 0.29) is 27.4 Å². The third kappa shape index (κ3) is 5.06. The van der Waals surface area contributed by atoms with Gasteiger partial charge in [-0.3, -0.25) is 9.36 Å². The normalized spacial score (nSPS) is 11.9. The second-order valence-corrected chi connectivity index (χ2v) is 9.58. The minimum absolute atomic E-state index is 0.0194. The first-order chi connectivity index (χ1) is 19.0. The number of carboxylic acid groups (broad SMARTS) is 1. The number of halogens is 2. The Bertz CT molecular complexity index is 1840. The van der Waals surface area contributed by atoms with Crippen LogP contribution >= 0.6 is 11.6 Å². The van der Waals surface area contributed by atoms with Gasteiger partial charge in [0, 0.05) is 29.8 Å². The van der Waals surface area contributed by atoms with E-state index >= 15 is 0 Å². The van der Waals surface area contributed by atoms with Gasteiger partial charge in [0.1, 0.15) is 28.4 Å². The molecule has 0 amide bonds. The average Bonchev–Trinajstić information content (AvgIpc) is 2.91. The summed E-state index contributed by atoms with van der Waals surface area (Å²) in [5.41, 5.74) is 8.08. The van der Waals surface area contributed by atoms with Crippen LogP contribution in [0.3, 0.4) is 0 Å². The number of aryl methyl sites for hydroxylation is 1. The molecule has 202 valence electrons. The number of nitrogens with two attached hydrogens (primary N) is 1. The summed E-state index contributed by atoms with van der Waals surface area (Å²) >= 11 is 5.87. The highest BCUT2D eigenvalue weighted by Gasteiger charge is 2.21. The van der Waals surface area contributed by atoms with Crippen molar-refractivity contribution in [2.24, 2.45) is 7.05 Å². The van der Waals surface area contributed by atoms with Gasteiger partial charge in [-0.05, 0) is 38.1 Å². The molecule has 0 spiro atoms. The van der Waals surface area contributed by atoms with Crippen molar-refractivity contribution in [2.75, 3.05) is 11.1 Å². The van der Waals surface area contributed by atoms with Gasteiger partial charge in [-0.2, -0.15) is 0 Å². The molecule has 12 heteroatoms. The number of carboxylic acids is 1. The van der Waals surface area contributed by atoms with Gasteiger partial charge in [0.2, 0.25) is 0 Å². The summed E-state index contributed by atoms with van der Waals surface area (Å²) in [6.07, 6.45) is 0. The van der Waals surface area contributed by atoms with Crippen LogP contribution in [0.2, 0.25) is 5.15 Å². The molecule has 0 saturated carbocycles. The summed E-state index contributed by atoms with van der Waals surface area (Å²) < 4.78 is 16.1. The van der Waals surface area contributed by atoms with Gasteiger partial charge >= 0.3 is 5.97 Å². The van der Waals surface area contributed by atoms with Gasteiger partial charge in [0.15, 0.2) is 5.69 Å². The summed E-state index contributed by atoms with van der Waals surface area (Å²) in [5, 5.41) is 12.7. The fourth-order valence-electron chi connectivity index (χ4n) is 4.51. The Labute approximate surface area is 232 Å². The minimum Gasteiger partial charge on any atom is -0.476 e. The third-order valence-corrected chi connectivity index (χ3v) is 6.58. The fourth-order valence-corrected chi connectivity index (χ4v) is 4.66. The number of anilines is 2. The fraction of sp³-hybridized carbons (Fsp3) is 0.143. The van der Waals surface area contributed by atoms with E-state index in [0.29, 0.717) is 34.3 Å². The second kappa shape index (κ2) is 10.3. The van der Waals surface area contributed by atoms with Crippen molar-refractivity contribution in [3.05, 3.63) is 93.0 Å². The van der Waals surface area contributed by atoms with Gasteiger partial charge in [0.05, 0.1) is 28.3 Å². The number of hydrogen-bond acceptors (Lipinski definition) is 8. The standard InChI is InChI=1S/C28H23ClFN7O3/c1-13(32-20-8-9-22(29)35-25(20)28(39)40)18-10-17(30)11-19-24(18)36-26(37(3)27(19)38)16-6-4-15(5-7-16)21-12-23(31)34-14(2)33-21/h4-13,32H,1-3H3,(H,39,40)(H2,31,33,34)/t13-/m1/s1. The van der Waals surface area contributed by atoms with Crippen LogP contribution in [0.4, 0.5) is 15.9 Å². The highest BCUT2D eigenvalue weighted by atomic mass is 35.5. The van der Waals surface area contributed by atoms with E-state index in [0.717, 1.165) is 11.6 Å². The van der Waals surface area contributed by atoms with Crippen molar-refractivity contribution in [2.45, 2.75) is 19.9 Å². The summed E-state index contributed by atoms with van der Waals surface area (Å²) in [4.78, 5) is 42.2. The molecule has 1 atom stereocenters. The van der Waals surface area contributed by atoms with Crippen molar-refractivity contribution < 1.29 is 14.3 Å². The molecule has 5 rings (SSSR count). The van der Waals surface area contributed by atoms with Gasteiger partial charge < -0.3 is 16.2 Å². The Hall–Kier alpha value is -4.90. The maximum absolute atomic E-state index is 14.7. The molecule has 4 N–H and O–H groups in total. The van der Waals surface area contributed by atoms with Gasteiger partial charge in [-0.15, -0.1) is 0 Å². The Morgan fingerprint density at radius 1 is 1.05 bits per heavy atom. The first kappa shape index (κ1) is 26.7. The maximum atomic E-state index is 14.7. The monoisotopic (exact) mass is 559 g/mol. The zero-order chi connectivity index (χ0) is 28.7. The van der Waals surface area contributed by atoms with E-state index in [1.165, 1.54) is 22.8 Å². The number of hydrogen-bond donors (Lipinski definition) is 3. The van der Waals surface area contributed by atoms with E-state index in [2.05, 4.69) is 20.3 Å².